The molecule has 0 bridgehead atoms. The zero-order valence-electron chi connectivity index (χ0n) is 12.2. The predicted molar refractivity (Wildman–Crippen MR) is 79.1 cm³/mol. The average molecular weight is 250 g/mol. The van der Waals surface area contributed by atoms with Crippen LogP contribution in [-0.2, 0) is 4.74 Å². The fraction of sp³-hybridized carbons (Fsp3) is 0.500. The molecule has 0 radical (unpaired) electrons. The summed E-state index contributed by atoms with van der Waals surface area (Å²) in [5.41, 5.74) is 2.23. The molecule has 2 heteroatoms. The van der Waals surface area contributed by atoms with Crippen molar-refractivity contribution in [2.75, 3.05) is 20.3 Å². The minimum absolute atomic E-state index is 0.884. The fourth-order valence-electron chi connectivity index (χ4n) is 1.27. The van der Waals surface area contributed by atoms with Crippen molar-refractivity contribution in [2.24, 2.45) is 0 Å². The molecule has 2 nitrogen and oxygen atoms in total. The van der Waals surface area contributed by atoms with E-state index in [9.17, 15) is 0 Å². The van der Waals surface area contributed by atoms with Gasteiger partial charge in [0.15, 0.2) is 0 Å². The van der Waals surface area contributed by atoms with Gasteiger partial charge in [0.2, 0.25) is 0 Å². The lowest BCUT2D eigenvalue weighted by Crippen LogP contribution is -1.92. The molecule has 18 heavy (non-hydrogen) atoms. The molecule has 0 aliphatic rings. The van der Waals surface area contributed by atoms with Gasteiger partial charge in [-0.15, -0.1) is 0 Å². The molecule has 0 spiro atoms. The highest BCUT2D eigenvalue weighted by atomic mass is 16.5. The molecule has 0 saturated carbocycles. The van der Waals surface area contributed by atoms with Crippen LogP contribution in [-0.4, -0.2) is 20.3 Å². The van der Waals surface area contributed by atoms with Crippen LogP contribution in [0.3, 0.4) is 0 Å². The second kappa shape index (κ2) is 10.8. The zero-order valence-corrected chi connectivity index (χ0v) is 12.2. The number of hydrogen-bond donors (Lipinski definition) is 0. The van der Waals surface area contributed by atoms with Gasteiger partial charge in [0, 0.05) is 13.2 Å². The molecule has 0 unspecified atom stereocenters. The van der Waals surface area contributed by atoms with Crippen molar-refractivity contribution < 1.29 is 9.47 Å². The van der Waals surface area contributed by atoms with Crippen molar-refractivity contribution in [3.63, 3.8) is 0 Å². The number of allylic oxidation sites excluding steroid dienone is 1. The van der Waals surface area contributed by atoms with Crippen LogP contribution in [0.2, 0.25) is 0 Å². The van der Waals surface area contributed by atoms with E-state index in [0.29, 0.717) is 0 Å². The van der Waals surface area contributed by atoms with Gasteiger partial charge in [-0.2, -0.15) is 0 Å². The summed E-state index contributed by atoms with van der Waals surface area (Å²) in [6, 6.07) is 7.87. The first-order chi connectivity index (χ1) is 8.65. The van der Waals surface area contributed by atoms with Gasteiger partial charge in [-0.25, -0.2) is 0 Å². The highest BCUT2D eigenvalue weighted by Crippen LogP contribution is 2.16. The molecule has 102 valence electrons. The van der Waals surface area contributed by atoms with E-state index >= 15 is 0 Å². The van der Waals surface area contributed by atoms with Gasteiger partial charge in [-0.3, -0.25) is 0 Å². The number of hydrogen-bond acceptors (Lipinski definition) is 2. The van der Waals surface area contributed by atoms with Gasteiger partial charge in [0.05, 0.1) is 7.11 Å². The normalized spacial score (nSPS) is 9.33. The van der Waals surface area contributed by atoms with E-state index in [1.165, 1.54) is 0 Å². The fourth-order valence-corrected chi connectivity index (χ4v) is 1.27. The van der Waals surface area contributed by atoms with Crippen molar-refractivity contribution in [1.29, 1.82) is 0 Å². The maximum absolute atomic E-state index is 5.13. The Balaban J connectivity index is 0.000000360. The molecule has 1 aromatic carbocycles. The maximum atomic E-state index is 5.13. The first-order valence-electron chi connectivity index (χ1n) is 6.53. The van der Waals surface area contributed by atoms with Crippen molar-refractivity contribution in [1.82, 2.24) is 0 Å². The minimum atomic E-state index is 0.884. The number of methoxy groups -OCH3 is 1. The van der Waals surface area contributed by atoms with E-state index in [0.717, 1.165) is 42.9 Å². The predicted octanol–water partition coefficient (Wildman–Crippen LogP) is 4.55. The van der Waals surface area contributed by atoms with Crippen LogP contribution in [0.15, 0.2) is 30.8 Å². The monoisotopic (exact) mass is 250 g/mol. The van der Waals surface area contributed by atoms with Crippen LogP contribution in [0.25, 0.3) is 5.57 Å². The van der Waals surface area contributed by atoms with Gasteiger partial charge in [-0.1, -0.05) is 38.1 Å². The molecule has 0 heterocycles. The standard InChI is InChI=1S/C10H12O.C6H14O/c1-8(2)9-4-6-10(11-3)7-5-9;1-3-5-7-6-4-2/h4-7H,1H2,2-3H3;3-6H2,1-2H3. The molecule has 0 aliphatic heterocycles. The van der Waals surface area contributed by atoms with E-state index < -0.39 is 0 Å². The number of benzene rings is 1. The van der Waals surface area contributed by atoms with Gasteiger partial charge in [-0.05, 0) is 37.5 Å². The molecule has 0 aromatic heterocycles. The highest BCUT2D eigenvalue weighted by molar-refractivity contribution is 5.61. The van der Waals surface area contributed by atoms with Crippen molar-refractivity contribution in [3.05, 3.63) is 36.4 Å². The topological polar surface area (TPSA) is 18.5 Å². The summed E-state index contributed by atoms with van der Waals surface area (Å²) in [5, 5.41) is 0. The molecular formula is C16H26O2. The summed E-state index contributed by atoms with van der Waals surface area (Å²) in [4.78, 5) is 0. The van der Waals surface area contributed by atoms with E-state index in [4.69, 9.17) is 9.47 Å². The number of ether oxygens (including phenoxy) is 2. The Morgan fingerprint density at radius 2 is 1.56 bits per heavy atom. The van der Waals surface area contributed by atoms with E-state index in [2.05, 4.69) is 20.4 Å². The van der Waals surface area contributed by atoms with Crippen LogP contribution in [0.5, 0.6) is 5.75 Å². The summed E-state index contributed by atoms with van der Waals surface area (Å²) in [5.74, 6) is 0.884. The van der Waals surface area contributed by atoms with Crippen molar-refractivity contribution in [3.8, 4) is 5.75 Å². The van der Waals surface area contributed by atoms with Gasteiger partial charge >= 0.3 is 0 Å². The molecule has 0 amide bonds. The average Bonchev–Trinajstić information content (AvgIpc) is 2.40. The van der Waals surface area contributed by atoms with Gasteiger partial charge < -0.3 is 9.47 Å². The minimum Gasteiger partial charge on any atom is -0.497 e. The van der Waals surface area contributed by atoms with Crippen LogP contribution in [0, 0.1) is 0 Å². The molecule has 1 aromatic rings. The Bertz CT molecular complexity index is 310. The van der Waals surface area contributed by atoms with Gasteiger partial charge in [0.25, 0.3) is 0 Å². The Kier molecular flexibility index (Phi) is 10.1. The molecular weight excluding hydrogens is 224 g/mol. The third-order valence-corrected chi connectivity index (χ3v) is 2.28. The Morgan fingerprint density at radius 1 is 1.06 bits per heavy atom. The first-order valence-corrected chi connectivity index (χ1v) is 6.53. The lowest BCUT2D eigenvalue weighted by molar-refractivity contribution is 0.135. The van der Waals surface area contributed by atoms with Gasteiger partial charge in [0.1, 0.15) is 5.75 Å². The maximum Gasteiger partial charge on any atom is 0.118 e. The molecule has 0 aliphatic carbocycles. The van der Waals surface area contributed by atoms with E-state index in [1.807, 2.05) is 31.2 Å². The Hall–Kier alpha value is -1.28. The quantitative estimate of drug-likeness (QED) is 0.689. The lowest BCUT2D eigenvalue weighted by Gasteiger charge is -2.01. The summed E-state index contributed by atoms with van der Waals surface area (Å²) in [6.45, 7) is 11.9. The summed E-state index contributed by atoms with van der Waals surface area (Å²) in [7, 11) is 1.66. The van der Waals surface area contributed by atoms with Crippen LogP contribution in [0.1, 0.15) is 39.2 Å². The second-order valence-electron chi connectivity index (χ2n) is 4.12. The highest BCUT2D eigenvalue weighted by Gasteiger charge is 1.92. The second-order valence-corrected chi connectivity index (χ2v) is 4.12. The van der Waals surface area contributed by atoms with Crippen molar-refractivity contribution >= 4 is 5.57 Å². The third-order valence-electron chi connectivity index (χ3n) is 2.28. The molecule has 0 N–H and O–H groups in total. The lowest BCUT2D eigenvalue weighted by atomic mass is 10.1. The summed E-state index contributed by atoms with van der Waals surface area (Å²) >= 11 is 0. The van der Waals surface area contributed by atoms with Crippen LogP contribution >= 0.6 is 0 Å². The van der Waals surface area contributed by atoms with E-state index in [-0.39, 0.29) is 0 Å². The summed E-state index contributed by atoms with van der Waals surface area (Å²) < 4.78 is 10.2. The molecule has 1 rings (SSSR count). The first kappa shape index (κ1) is 16.7. The largest absolute Gasteiger partial charge is 0.497 e. The summed E-state index contributed by atoms with van der Waals surface area (Å²) in [6.07, 6.45) is 2.28. The van der Waals surface area contributed by atoms with E-state index in [1.54, 1.807) is 7.11 Å². The van der Waals surface area contributed by atoms with Crippen molar-refractivity contribution in [2.45, 2.75) is 33.6 Å². The molecule has 0 atom stereocenters. The Labute approximate surface area is 112 Å². The van der Waals surface area contributed by atoms with Crippen LogP contribution in [0.4, 0.5) is 0 Å². The SMILES string of the molecule is C=C(C)c1ccc(OC)cc1.CCCOCCC. The number of rotatable bonds is 6. The molecule has 0 fully saturated rings. The smallest absolute Gasteiger partial charge is 0.118 e. The molecule has 0 saturated heterocycles. The van der Waals surface area contributed by atoms with Crippen LogP contribution < -0.4 is 4.74 Å². The zero-order chi connectivity index (χ0) is 13.8. The Morgan fingerprint density at radius 3 is 1.89 bits per heavy atom. The third kappa shape index (κ3) is 7.91.